The molecule has 2 aromatic rings. The molecule has 3 heterocycles. The van der Waals surface area contributed by atoms with E-state index in [4.69, 9.17) is 0 Å². The Morgan fingerprint density at radius 3 is 3.05 bits per heavy atom. The summed E-state index contributed by atoms with van der Waals surface area (Å²) in [6.07, 6.45) is 6.98. The van der Waals surface area contributed by atoms with Gasteiger partial charge in [0, 0.05) is 38.1 Å². The van der Waals surface area contributed by atoms with Gasteiger partial charge in [-0.2, -0.15) is 0 Å². The summed E-state index contributed by atoms with van der Waals surface area (Å²) in [6.45, 7) is 5.77. The van der Waals surface area contributed by atoms with E-state index < -0.39 is 0 Å². The van der Waals surface area contributed by atoms with Gasteiger partial charge in [-0.25, -0.2) is 15.0 Å². The number of thioether (sulfide) groups is 1. The molecule has 21 heavy (non-hydrogen) atoms. The molecule has 1 N–H and O–H groups in total. The van der Waals surface area contributed by atoms with Crippen LogP contribution in [0.4, 0.5) is 11.6 Å². The third kappa shape index (κ3) is 3.12. The van der Waals surface area contributed by atoms with Crippen LogP contribution in [-0.4, -0.2) is 38.9 Å². The van der Waals surface area contributed by atoms with Crippen LogP contribution in [0.5, 0.6) is 0 Å². The molecule has 112 valence electrons. The molecule has 0 fully saturated rings. The van der Waals surface area contributed by atoms with E-state index in [0.29, 0.717) is 0 Å². The molecule has 0 radical (unpaired) electrons. The van der Waals surface area contributed by atoms with Crippen molar-refractivity contribution in [3.05, 3.63) is 24.3 Å². The van der Waals surface area contributed by atoms with Gasteiger partial charge < -0.3 is 14.8 Å². The van der Waals surface area contributed by atoms with Crippen LogP contribution in [0.3, 0.4) is 0 Å². The van der Waals surface area contributed by atoms with Gasteiger partial charge in [0.15, 0.2) is 5.16 Å². The van der Waals surface area contributed by atoms with Crippen LogP contribution >= 0.6 is 11.8 Å². The number of aromatic nitrogens is 4. The maximum Gasteiger partial charge on any atom is 0.191 e. The fourth-order valence-electron chi connectivity index (χ4n) is 2.38. The monoisotopic (exact) mass is 304 g/mol. The minimum Gasteiger partial charge on any atom is -0.370 e. The lowest BCUT2D eigenvalue weighted by Gasteiger charge is -2.29. The lowest BCUT2D eigenvalue weighted by Crippen LogP contribution is -2.34. The molecule has 0 aromatic carbocycles. The summed E-state index contributed by atoms with van der Waals surface area (Å²) in [5.74, 6) is 2.97. The molecule has 1 aliphatic heterocycles. The Balaban J connectivity index is 1.84. The number of fused-ring (bicyclic) bond motifs is 1. The minimum atomic E-state index is 0.797. The van der Waals surface area contributed by atoms with E-state index in [1.54, 1.807) is 11.8 Å². The first-order valence-electron chi connectivity index (χ1n) is 7.22. The van der Waals surface area contributed by atoms with E-state index in [0.717, 1.165) is 55.2 Å². The lowest BCUT2D eigenvalue weighted by molar-refractivity contribution is 0.554. The van der Waals surface area contributed by atoms with Gasteiger partial charge in [-0.05, 0) is 12.7 Å². The Morgan fingerprint density at radius 1 is 1.33 bits per heavy atom. The Bertz CT molecular complexity index is 611. The van der Waals surface area contributed by atoms with Crippen LogP contribution in [0.15, 0.2) is 23.6 Å². The van der Waals surface area contributed by atoms with Gasteiger partial charge in [-0.3, -0.25) is 0 Å². The molecule has 6 nitrogen and oxygen atoms in total. The van der Waals surface area contributed by atoms with E-state index in [-0.39, 0.29) is 0 Å². The summed E-state index contributed by atoms with van der Waals surface area (Å²) in [5.41, 5.74) is 0. The summed E-state index contributed by atoms with van der Waals surface area (Å²) in [6, 6.07) is 2.04. The zero-order valence-corrected chi connectivity index (χ0v) is 13.2. The highest BCUT2D eigenvalue weighted by Gasteiger charge is 2.19. The fourth-order valence-corrected chi connectivity index (χ4v) is 2.75. The van der Waals surface area contributed by atoms with Gasteiger partial charge in [0.1, 0.15) is 17.5 Å². The minimum absolute atomic E-state index is 0.797. The van der Waals surface area contributed by atoms with Crippen molar-refractivity contribution in [1.29, 1.82) is 0 Å². The predicted octanol–water partition coefficient (Wildman–Crippen LogP) is 2.24. The third-order valence-corrected chi connectivity index (χ3v) is 4.05. The Hall–Kier alpha value is -1.76. The molecule has 0 unspecified atom stereocenters. The number of imidazole rings is 1. The van der Waals surface area contributed by atoms with Crippen molar-refractivity contribution >= 4 is 23.4 Å². The van der Waals surface area contributed by atoms with Gasteiger partial charge in [0.25, 0.3) is 0 Å². The Labute approximate surface area is 129 Å². The van der Waals surface area contributed by atoms with Gasteiger partial charge in [0.2, 0.25) is 0 Å². The van der Waals surface area contributed by atoms with E-state index in [9.17, 15) is 0 Å². The summed E-state index contributed by atoms with van der Waals surface area (Å²) in [4.78, 5) is 15.8. The van der Waals surface area contributed by atoms with E-state index >= 15 is 0 Å². The van der Waals surface area contributed by atoms with Crippen molar-refractivity contribution in [3.8, 4) is 0 Å². The van der Waals surface area contributed by atoms with Gasteiger partial charge in [-0.1, -0.05) is 18.7 Å². The third-order valence-electron chi connectivity index (χ3n) is 3.50. The average molecular weight is 304 g/mol. The number of hydrogen-bond donors (Lipinski definition) is 1. The van der Waals surface area contributed by atoms with Crippen molar-refractivity contribution in [2.24, 2.45) is 0 Å². The number of rotatable bonds is 5. The van der Waals surface area contributed by atoms with Crippen molar-refractivity contribution < 1.29 is 0 Å². The zero-order valence-electron chi connectivity index (χ0n) is 12.4. The molecule has 1 aliphatic rings. The second-order valence-corrected chi connectivity index (χ2v) is 5.76. The molecule has 0 spiro atoms. The molecule has 0 saturated heterocycles. The molecule has 0 aliphatic carbocycles. The van der Waals surface area contributed by atoms with E-state index in [2.05, 4.69) is 36.7 Å². The lowest BCUT2D eigenvalue weighted by atomic mass is 10.3. The first-order chi connectivity index (χ1) is 10.3. The van der Waals surface area contributed by atoms with Crippen LogP contribution in [0.2, 0.25) is 0 Å². The topological polar surface area (TPSA) is 58.9 Å². The van der Waals surface area contributed by atoms with Crippen LogP contribution in [0.25, 0.3) is 0 Å². The largest absolute Gasteiger partial charge is 0.370 e. The Kier molecular flexibility index (Phi) is 4.28. The smallest absolute Gasteiger partial charge is 0.191 e. The van der Waals surface area contributed by atoms with Crippen molar-refractivity contribution in [2.45, 2.75) is 31.6 Å². The second-order valence-electron chi connectivity index (χ2n) is 4.98. The maximum absolute atomic E-state index is 4.64. The van der Waals surface area contributed by atoms with Crippen LogP contribution in [-0.2, 0) is 13.1 Å². The Morgan fingerprint density at radius 2 is 2.24 bits per heavy atom. The van der Waals surface area contributed by atoms with Crippen molar-refractivity contribution in [3.63, 3.8) is 0 Å². The highest BCUT2D eigenvalue weighted by molar-refractivity contribution is 7.98. The molecule has 0 bridgehead atoms. The van der Waals surface area contributed by atoms with Gasteiger partial charge in [-0.15, -0.1) is 0 Å². The highest BCUT2D eigenvalue weighted by atomic mass is 32.2. The molecule has 0 amide bonds. The summed E-state index contributed by atoms with van der Waals surface area (Å²) in [5, 5.41) is 4.16. The SMILES string of the molecule is CCCNc1cc(N2CCn3ccnc3C2)nc(SC)n1. The first-order valence-corrected chi connectivity index (χ1v) is 8.44. The maximum atomic E-state index is 4.64. The second kappa shape index (κ2) is 6.34. The standard InChI is InChI=1S/C14H20N6S/c1-3-4-15-11-9-12(18-14(17-11)21-2)20-8-7-19-6-5-16-13(19)10-20/h5-6,9H,3-4,7-8,10H2,1-2H3,(H,15,17,18). The van der Waals surface area contributed by atoms with E-state index in [1.165, 1.54) is 0 Å². The number of hydrogen-bond acceptors (Lipinski definition) is 6. The van der Waals surface area contributed by atoms with Crippen molar-refractivity contribution in [2.75, 3.05) is 29.6 Å². The summed E-state index contributed by atoms with van der Waals surface area (Å²) in [7, 11) is 0. The molecular formula is C14H20N6S. The van der Waals surface area contributed by atoms with Crippen LogP contribution in [0.1, 0.15) is 19.2 Å². The summed E-state index contributed by atoms with van der Waals surface area (Å²) >= 11 is 1.57. The normalized spacial score (nSPS) is 14.1. The van der Waals surface area contributed by atoms with E-state index in [1.807, 2.05) is 24.7 Å². The van der Waals surface area contributed by atoms with Crippen LogP contribution in [0, 0.1) is 0 Å². The molecular weight excluding hydrogens is 284 g/mol. The predicted molar refractivity (Wildman–Crippen MR) is 85.9 cm³/mol. The van der Waals surface area contributed by atoms with Gasteiger partial charge in [0.05, 0.1) is 6.54 Å². The molecule has 2 aromatic heterocycles. The average Bonchev–Trinajstić information content (AvgIpc) is 3.00. The van der Waals surface area contributed by atoms with Crippen LogP contribution < -0.4 is 10.2 Å². The molecule has 7 heteroatoms. The van der Waals surface area contributed by atoms with Gasteiger partial charge >= 0.3 is 0 Å². The fraction of sp³-hybridized carbons (Fsp3) is 0.500. The number of nitrogens with one attached hydrogen (secondary N) is 1. The quantitative estimate of drug-likeness (QED) is 0.675. The zero-order chi connectivity index (χ0) is 14.7. The number of nitrogens with zero attached hydrogens (tertiary/aromatic N) is 5. The molecule has 0 saturated carbocycles. The number of anilines is 2. The molecule has 0 atom stereocenters. The summed E-state index contributed by atoms with van der Waals surface area (Å²) < 4.78 is 2.20. The highest BCUT2D eigenvalue weighted by Crippen LogP contribution is 2.23. The van der Waals surface area contributed by atoms with Crippen molar-refractivity contribution in [1.82, 2.24) is 19.5 Å². The molecule has 3 rings (SSSR count). The first kappa shape index (κ1) is 14.2.